The molecule has 1 atom stereocenters. The minimum atomic E-state index is -4.34. The number of rotatable bonds is 3. The number of nitrogens with zero attached hydrogens (tertiary/aromatic N) is 1. The van der Waals surface area contributed by atoms with Crippen LogP contribution in [0.4, 0.5) is 13.2 Å². The van der Waals surface area contributed by atoms with Gasteiger partial charge in [-0.15, -0.1) is 0 Å². The maximum Gasteiger partial charge on any atom is 0.408 e. The second kappa shape index (κ2) is 5.18. The van der Waals surface area contributed by atoms with Gasteiger partial charge in [-0.05, 0) is 33.5 Å². The van der Waals surface area contributed by atoms with Crippen molar-refractivity contribution < 1.29 is 17.9 Å². The normalized spacial score (nSPS) is 13.8. The Kier molecular flexibility index (Phi) is 4.27. The minimum absolute atomic E-state index is 0.160. The van der Waals surface area contributed by atoms with Crippen molar-refractivity contribution in [1.82, 2.24) is 4.90 Å². The molecule has 0 fully saturated rings. The van der Waals surface area contributed by atoms with Gasteiger partial charge in [0.1, 0.15) is 11.8 Å². The molecule has 1 aromatic carbocycles. The molecule has 2 nitrogen and oxygen atoms in total. The average molecular weight is 261 g/mol. The minimum Gasteiger partial charge on any atom is -0.496 e. The first-order chi connectivity index (χ1) is 8.18. The molecule has 0 aromatic heterocycles. The number of benzene rings is 1. The Hall–Kier alpha value is -1.23. The summed E-state index contributed by atoms with van der Waals surface area (Å²) >= 11 is 0. The molecule has 0 spiro atoms. The maximum absolute atomic E-state index is 13.1. The van der Waals surface area contributed by atoms with Crippen molar-refractivity contribution in [3.05, 3.63) is 28.8 Å². The summed E-state index contributed by atoms with van der Waals surface area (Å²) < 4.78 is 44.5. The highest BCUT2D eigenvalue weighted by atomic mass is 19.4. The number of ether oxygens (including phenoxy) is 1. The molecule has 1 rings (SSSR count). The van der Waals surface area contributed by atoms with E-state index in [1.165, 1.54) is 27.3 Å². The molecular weight excluding hydrogens is 243 g/mol. The van der Waals surface area contributed by atoms with Crippen molar-refractivity contribution >= 4 is 0 Å². The van der Waals surface area contributed by atoms with E-state index in [1.54, 1.807) is 13.8 Å². The number of hydrogen-bond donors (Lipinski definition) is 0. The molecule has 0 N–H and O–H groups in total. The van der Waals surface area contributed by atoms with E-state index >= 15 is 0 Å². The molecule has 0 bridgehead atoms. The Morgan fingerprint density at radius 1 is 1.17 bits per heavy atom. The molecule has 102 valence electrons. The van der Waals surface area contributed by atoms with Crippen LogP contribution in [0.25, 0.3) is 0 Å². The monoisotopic (exact) mass is 261 g/mol. The van der Waals surface area contributed by atoms with Gasteiger partial charge in [0.25, 0.3) is 0 Å². The third kappa shape index (κ3) is 2.96. The summed E-state index contributed by atoms with van der Waals surface area (Å²) in [5, 5.41) is 0. The lowest BCUT2D eigenvalue weighted by molar-refractivity contribution is -0.179. The molecule has 0 aliphatic heterocycles. The average Bonchev–Trinajstić information content (AvgIpc) is 2.13. The smallest absolute Gasteiger partial charge is 0.408 e. The fraction of sp³-hybridized carbons (Fsp3) is 0.538. The number of hydrogen-bond acceptors (Lipinski definition) is 2. The Morgan fingerprint density at radius 3 is 2.11 bits per heavy atom. The van der Waals surface area contributed by atoms with Gasteiger partial charge < -0.3 is 4.74 Å². The fourth-order valence-corrected chi connectivity index (χ4v) is 2.22. The summed E-state index contributed by atoms with van der Waals surface area (Å²) in [5.41, 5.74) is 1.66. The highest BCUT2D eigenvalue weighted by Crippen LogP contribution is 2.41. The molecule has 1 unspecified atom stereocenters. The Bertz CT molecular complexity index is 427. The van der Waals surface area contributed by atoms with Crippen LogP contribution < -0.4 is 4.74 Å². The van der Waals surface area contributed by atoms with Gasteiger partial charge in [-0.3, -0.25) is 4.90 Å². The first-order valence-electron chi connectivity index (χ1n) is 5.56. The SMILES string of the molecule is COc1c(C)cc(C)cc1C(N(C)C)C(F)(F)F. The molecule has 0 heterocycles. The standard InChI is InChI=1S/C13H18F3NO/c1-8-6-9(2)11(18-5)10(7-8)12(17(3)4)13(14,15)16/h6-7,12H,1-5H3. The third-order valence-electron chi connectivity index (χ3n) is 2.77. The van der Waals surface area contributed by atoms with Crippen LogP contribution in [0.1, 0.15) is 22.7 Å². The molecule has 0 aliphatic rings. The number of halogens is 3. The molecule has 1 aromatic rings. The van der Waals surface area contributed by atoms with Gasteiger partial charge in [0.2, 0.25) is 0 Å². The van der Waals surface area contributed by atoms with Crippen LogP contribution in [0.5, 0.6) is 5.75 Å². The summed E-state index contributed by atoms with van der Waals surface area (Å²) in [4.78, 5) is 1.15. The zero-order valence-corrected chi connectivity index (χ0v) is 11.2. The van der Waals surface area contributed by atoms with Crippen molar-refractivity contribution in [3.8, 4) is 5.75 Å². The van der Waals surface area contributed by atoms with E-state index in [2.05, 4.69) is 0 Å². The number of aryl methyl sites for hydroxylation is 2. The second-order valence-corrected chi connectivity index (χ2v) is 4.61. The summed E-state index contributed by atoms with van der Waals surface area (Å²) in [6.07, 6.45) is -4.34. The summed E-state index contributed by atoms with van der Waals surface area (Å²) in [5.74, 6) is 0.302. The summed E-state index contributed by atoms with van der Waals surface area (Å²) in [7, 11) is 4.22. The van der Waals surface area contributed by atoms with Crippen LogP contribution in [0.15, 0.2) is 12.1 Å². The lowest BCUT2D eigenvalue weighted by Gasteiger charge is -2.29. The van der Waals surface area contributed by atoms with Gasteiger partial charge in [0.05, 0.1) is 7.11 Å². The molecule has 0 aliphatic carbocycles. The molecular formula is C13H18F3NO. The lowest BCUT2D eigenvalue weighted by Crippen LogP contribution is -2.33. The van der Waals surface area contributed by atoms with E-state index in [9.17, 15) is 13.2 Å². The zero-order valence-electron chi connectivity index (χ0n) is 11.2. The van der Waals surface area contributed by atoms with Crippen LogP contribution in [0.3, 0.4) is 0 Å². The van der Waals surface area contributed by atoms with Crippen molar-refractivity contribution in [1.29, 1.82) is 0 Å². The van der Waals surface area contributed by atoms with Gasteiger partial charge in [-0.1, -0.05) is 17.7 Å². The van der Waals surface area contributed by atoms with E-state index in [1.807, 2.05) is 6.07 Å². The van der Waals surface area contributed by atoms with Crippen LogP contribution in [0.2, 0.25) is 0 Å². The predicted octanol–water partition coefficient (Wildman–Crippen LogP) is 3.48. The fourth-order valence-electron chi connectivity index (χ4n) is 2.22. The number of alkyl halides is 3. The second-order valence-electron chi connectivity index (χ2n) is 4.61. The molecule has 5 heteroatoms. The van der Waals surface area contributed by atoms with E-state index in [0.717, 1.165) is 10.5 Å². The van der Waals surface area contributed by atoms with Gasteiger partial charge in [0.15, 0.2) is 0 Å². The van der Waals surface area contributed by atoms with E-state index < -0.39 is 12.2 Å². The van der Waals surface area contributed by atoms with Crippen LogP contribution in [-0.2, 0) is 0 Å². The van der Waals surface area contributed by atoms with Crippen LogP contribution in [-0.4, -0.2) is 32.3 Å². The summed E-state index contributed by atoms with van der Waals surface area (Å²) in [6, 6.07) is 1.68. The third-order valence-corrected chi connectivity index (χ3v) is 2.77. The van der Waals surface area contributed by atoms with E-state index in [0.29, 0.717) is 11.3 Å². The van der Waals surface area contributed by atoms with Gasteiger partial charge in [-0.2, -0.15) is 13.2 Å². The topological polar surface area (TPSA) is 12.5 Å². The Labute approximate surface area is 105 Å². The molecule has 18 heavy (non-hydrogen) atoms. The maximum atomic E-state index is 13.1. The van der Waals surface area contributed by atoms with Gasteiger partial charge >= 0.3 is 6.18 Å². The number of methoxy groups -OCH3 is 1. The lowest BCUT2D eigenvalue weighted by atomic mass is 9.98. The first kappa shape index (κ1) is 14.8. The van der Waals surface area contributed by atoms with Crippen molar-refractivity contribution in [2.45, 2.75) is 26.1 Å². The van der Waals surface area contributed by atoms with Crippen molar-refractivity contribution in [2.24, 2.45) is 0 Å². The zero-order chi connectivity index (χ0) is 14.1. The van der Waals surface area contributed by atoms with Crippen LogP contribution in [0, 0.1) is 13.8 Å². The molecule has 0 saturated carbocycles. The Balaban J connectivity index is 3.45. The van der Waals surface area contributed by atoms with E-state index in [4.69, 9.17) is 4.74 Å². The van der Waals surface area contributed by atoms with Crippen molar-refractivity contribution in [2.75, 3.05) is 21.2 Å². The first-order valence-corrected chi connectivity index (χ1v) is 5.56. The van der Waals surface area contributed by atoms with Crippen LogP contribution >= 0.6 is 0 Å². The highest BCUT2D eigenvalue weighted by molar-refractivity contribution is 5.46. The van der Waals surface area contributed by atoms with Gasteiger partial charge in [0, 0.05) is 5.56 Å². The molecule has 0 saturated heterocycles. The molecule has 0 amide bonds. The van der Waals surface area contributed by atoms with Crippen molar-refractivity contribution in [3.63, 3.8) is 0 Å². The Morgan fingerprint density at radius 2 is 1.72 bits per heavy atom. The quantitative estimate of drug-likeness (QED) is 0.826. The molecule has 0 radical (unpaired) electrons. The summed E-state index contributed by atoms with van der Waals surface area (Å²) in [6.45, 7) is 3.53. The van der Waals surface area contributed by atoms with Gasteiger partial charge in [-0.25, -0.2) is 0 Å². The predicted molar refractivity (Wildman–Crippen MR) is 65.0 cm³/mol. The van der Waals surface area contributed by atoms with E-state index in [-0.39, 0.29) is 5.56 Å². The highest BCUT2D eigenvalue weighted by Gasteiger charge is 2.44. The largest absolute Gasteiger partial charge is 0.496 e.